The third-order valence-corrected chi connectivity index (χ3v) is 7.08. The first-order valence-corrected chi connectivity index (χ1v) is 10.2. The normalized spacial score (nSPS) is 25.1. The highest BCUT2D eigenvalue weighted by atomic mass is 79.9. The van der Waals surface area contributed by atoms with E-state index in [0.717, 1.165) is 24.3 Å². The maximum atomic E-state index is 11.8. The molecule has 2 heterocycles. The molecule has 0 unspecified atom stereocenters. The summed E-state index contributed by atoms with van der Waals surface area (Å²) in [6.45, 7) is 2.79. The Balaban J connectivity index is 0.00000192. The highest BCUT2D eigenvalue weighted by Crippen LogP contribution is 2.40. The minimum absolute atomic E-state index is 0. The van der Waals surface area contributed by atoms with Crippen molar-refractivity contribution in [2.75, 3.05) is 23.0 Å². The Kier molecular flexibility index (Phi) is 6.02. The standard InChI is InChI=1S/C15H20N2O3S2.BrH/c1-2-3-7-20-12-6-4-5-11(8-12)17-13-9-22(18,19)10-14(13)21-15(17)16;/h4-6,8,13-14,16H,2-3,7,9-10H2,1H3;1H/t13-,14+;/m1./s1. The van der Waals surface area contributed by atoms with E-state index < -0.39 is 9.84 Å². The van der Waals surface area contributed by atoms with Crippen molar-refractivity contribution >= 4 is 49.4 Å². The SMILES string of the molecule is Br.CCCCOc1cccc(N2C(=N)S[C@H]3CS(=O)(=O)C[C@H]32)c1. The Hall–Kier alpha value is -0.730. The zero-order chi connectivity index (χ0) is 15.7. The molecule has 0 spiro atoms. The van der Waals surface area contributed by atoms with Crippen LogP contribution in [0.25, 0.3) is 0 Å². The lowest BCUT2D eigenvalue weighted by atomic mass is 10.2. The van der Waals surface area contributed by atoms with Gasteiger partial charge in [-0.25, -0.2) is 8.42 Å². The molecule has 2 saturated heterocycles. The molecule has 0 aliphatic carbocycles. The topological polar surface area (TPSA) is 70.5 Å². The molecule has 2 aliphatic rings. The number of sulfone groups is 1. The van der Waals surface area contributed by atoms with E-state index in [-0.39, 0.29) is 39.8 Å². The molecule has 2 aliphatic heterocycles. The molecule has 1 aromatic carbocycles. The summed E-state index contributed by atoms with van der Waals surface area (Å²) in [5.41, 5.74) is 0.844. The van der Waals surface area contributed by atoms with E-state index in [0.29, 0.717) is 11.8 Å². The van der Waals surface area contributed by atoms with Crippen molar-refractivity contribution in [2.45, 2.75) is 31.1 Å². The zero-order valence-corrected chi connectivity index (χ0v) is 16.2. The van der Waals surface area contributed by atoms with Crippen LogP contribution in [-0.4, -0.2) is 43.0 Å². The van der Waals surface area contributed by atoms with Crippen molar-refractivity contribution < 1.29 is 13.2 Å². The molecule has 0 saturated carbocycles. The molecule has 0 aromatic heterocycles. The number of anilines is 1. The zero-order valence-electron chi connectivity index (χ0n) is 12.9. The number of hydrogen-bond donors (Lipinski definition) is 1. The van der Waals surface area contributed by atoms with E-state index in [1.807, 2.05) is 29.2 Å². The van der Waals surface area contributed by atoms with Crippen molar-refractivity contribution in [1.82, 2.24) is 0 Å². The Bertz CT molecular complexity index is 681. The molecule has 3 rings (SSSR count). The van der Waals surface area contributed by atoms with Gasteiger partial charge in [-0.3, -0.25) is 5.41 Å². The van der Waals surface area contributed by atoms with E-state index in [1.165, 1.54) is 11.8 Å². The monoisotopic (exact) mass is 420 g/mol. The minimum atomic E-state index is -2.99. The number of unbranched alkanes of at least 4 members (excludes halogenated alkanes) is 1. The number of ether oxygens (including phenoxy) is 1. The number of nitrogens with one attached hydrogen (secondary N) is 1. The van der Waals surface area contributed by atoms with Gasteiger partial charge in [0, 0.05) is 17.0 Å². The maximum Gasteiger partial charge on any atom is 0.161 e. The van der Waals surface area contributed by atoms with Crippen molar-refractivity contribution in [2.24, 2.45) is 0 Å². The second-order valence-electron chi connectivity index (χ2n) is 5.68. The van der Waals surface area contributed by atoms with Crippen LogP contribution in [0.4, 0.5) is 5.69 Å². The van der Waals surface area contributed by atoms with Gasteiger partial charge in [0.2, 0.25) is 0 Å². The summed E-state index contributed by atoms with van der Waals surface area (Å²) < 4.78 is 29.4. The second-order valence-corrected chi connectivity index (χ2v) is 9.06. The third-order valence-electron chi connectivity index (χ3n) is 3.95. The van der Waals surface area contributed by atoms with Crippen molar-refractivity contribution in [3.8, 4) is 5.75 Å². The molecular formula is C15H21BrN2O3S2. The molecule has 2 atom stereocenters. The van der Waals surface area contributed by atoms with Gasteiger partial charge >= 0.3 is 0 Å². The smallest absolute Gasteiger partial charge is 0.161 e. The van der Waals surface area contributed by atoms with Gasteiger partial charge in [-0.15, -0.1) is 17.0 Å². The van der Waals surface area contributed by atoms with E-state index >= 15 is 0 Å². The molecule has 0 bridgehead atoms. The highest BCUT2D eigenvalue weighted by Gasteiger charge is 2.48. The first kappa shape index (κ1) is 18.6. The quantitative estimate of drug-likeness (QED) is 0.740. The molecule has 1 N–H and O–H groups in total. The van der Waals surface area contributed by atoms with Gasteiger partial charge in [0.15, 0.2) is 15.0 Å². The molecule has 1 aromatic rings. The van der Waals surface area contributed by atoms with Gasteiger partial charge < -0.3 is 9.64 Å². The summed E-state index contributed by atoms with van der Waals surface area (Å²) in [5, 5.41) is 8.56. The van der Waals surface area contributed by atoms with E-state index in [4.69, 9.17) is 10.1 Å². The third kappa shape index (κ3) is 4.03. The summed E-state index contributed by atoms with van der Waals surface area (Å²) in [5.74, 6) is 1.08. The Morgan fingerprint density at radius 1 is 1.39 bits per heavy atom. The van der Waals surface area contributed by atoms with E-state index in [9.17, 15) is 8.42 Å². The van der Waals surface area contributed by atoms with Crippen molar-refractivity contribution in [3.63, 3.8) is 0 Å². The number of nitrogens with zero attached hydrogens (tertiary/aromatic N) is 1. The van der Waals surface area contributed by atoms with Crippen LogP contribution < -0.4 is 9.64 Å². The average Bonchev–Trinajstić information content (AvgIpc) is 2.89. The van der Waals surface area contributed by atoms with Crippen LogP contribution in [0, 0.1) is 5.41 Å². The lowest BCUT2D eigenvalue weighted by Gasteiger charge is -2.24. The van der Waals surface area contributed by atoms with Crippen LogP contribution >= 0.6 is 28.7 Å². The number of hydrogen-bond acceptors (Lipinski definition) is 5. The van der Waals surface area contributed by atoms with Gasteiger partial charge in [-0.2, -0.15) is 0 Å². The molecule has 2 fully saturated rings. The Labute approximate surface area is 152 Å². The predicted octanol–water partition coefficient (Wildman–Crippen LogP) is 3.10. The fourth-order valence-electron chi connectivity index (χ4n) is 2.87. The molecule has 0 amide bonds. The largest absolute Gasteiger partial charge is 0.494 e. The van der Waals surface area contributed by atoms with Crippen molar-refractivity contribution in [3.05, 3.63) is 24.3 Å². The molecule has 8 heteroatoms. The molecular weight excluding hydrogens is 400 g/mol. The van der Waals surface area contributed by atoms with Gasteiger partial charge in [-0.1, -0.05) is 31.2 Å². The number of fused-ring (bicyclic) bond motifs is 1. The number of amidine groups is 1. The van der Waals surface area contributed by atoms with Gasteiger partial charge in [0.05, 0.1) is 24.2 Å². The molecule has 128 valence electrons. The van der Waals surface area contributed by atoms with Gasteiger partial charge in [0.1, 0.15) is 5.75 Å². The summed E-state index contributed by atoms with van der Waals surface area (Å²) in [7, 11) is -2.99. The summed E-state index contributed by atoms with van der Waals surface area (Å²) >= 11 is 1.36. The van der Waals surface area contributed by atoms with Crippen LogP contribution in [0.15, 0.2) is 24.3 Å². The fraction of sp³-hybridized carbons (Fsp3) is 0.533. The molecule has 23 heavy (non-hydrogen) atoms. The van der Waals surface area contributed by atoms with Gasteiger partial charge in [0.25, 0.3) is 0 Å². The number of thioether (sulfide) groups is 1. The van der Waals surface area contributed by atoms with Crippen molar-refractivity contribution in [1.29, 1.82) is 5.41 Å². The Morgan fingerprint density at radius 3 is 2.91 bits per heavy atom. The average molecular weight is 421 g/mol. The number of rotatable bonds is 5. The van der Waals surface area contributed by atoms with Crippen LogP contribution in [-0.2, 0) is 9.84 Å². The number of benzene rings is 1. The lowest BCUT2D eigenvalue weighted by Crippen LogP contribution is -2.37. The first-order chi connectivity index (χ1) is 10.5. The predicted molar refractivity (Wildman–Crippen MR) is 101 cm³/mol. The lowest BCUT2D eigenvalue weighted by molar-refractivity contribution is 0.309. The molecule has 5 nitrogen and oxygen atoms in total. The van der Waals surface area contributed by atoms with Crippen LogP contribution in [0.3, 0.4) is 0 Å². The highest BCUT2D eigenvalue weighted by molar-refractivity contribution is 8.93. The maximum absolute atomic E-state index is 11.8. The van der Waals surface area contributed by atoms with Crippen LogP contribution in [0.1, 0.15) is 19.8 Å². The van der Waals surface area contributed by atoms with Gasteiger partial charge in [-0.05, 0) is 18.6 Å². The summed E-state index contributed by atoms with van der Waals surface area (Å²) in [6.07, 6.45) is 2.08. The summed E-state index contributed by atoms with van der Waals surface area (Å²) in [6, 6.07) is 7.47. The minimum Gasteiger partial charge on any atom is -0.494 e. The van der Waals surface area contributed by atoms with E-state index in [1.54, 1.807) is 0 Å². The Morgan fingerprint density at radius 2 is 2.17 bits per heavy atom. The number of halogens is 1. The summed E-state index contributed by atoms with van der Waals surface area (Å²) in [4.78, 5) is 1.84. The second kappa shape index (κ2) is 7.44. The van der Waals surface area contributed by atoms with E-state index in [2.05, 4.69) is 6.92 Å². The van der Waals surface area contributed by atoms with Crippen LogP contribution in [0.5, 0.6) is 5.75 Å². The van der Waals surface area contributed by atoms with Crippen LogP contribution in [0.2, 0.25) is 0 Å². The first-order valence-electron chi connectivity index (χ1n) is 7.48. The fourth-order valence-corrected chi connectivity index (χ4v) is 6.66. The molecule has 0 radical (unpaired) electrons.